The molecule has 0 amide bonds. The topological polar surface area (TPSA) is 64.1 Å². The number of hydrogen-bond donors (Lipinski definition) is 1. The molecule has 0 saturated heterocycles. The third-order valence-electron chi connectivity index (χ3n) is 2.64. The van der Waals surface area contributed by atoms with Crippen molar-refractivity contribution >= 4 is 10.9 Å². The van der Waals surface area contributed by atoms with Gasteiger partial charge in [-0.3, -0.25) is 9.36 Å². The summed E-state index contributed by atoms with van der Waals surface area (Å²) in [5.74, 6) is 0.612. The summed E-state index contributed by atoms with van der Waals surface area (Å²) >= 11 is 0. The molecule has 90 valence electrons. The highest BCUT2D eigenvalue weighted by Crippen LogP contribution is 2.15. The van der Waals surface area contributed by atoms with Crippen molar-refractivity contribution in [2.45, 2.75) is 19.9 Å². The standard InChI is InChI=1S/C12H14N2O3/c1-3-6-14-11(15)9-5-4-8(17-2)7-10(9)13-12(14)16/h4-5,7H,3,6H2,1-2H3,(H,13,16). The Balaban J connectivity index is 2.77. The van der Waals surface area contributed by atoms with E-state index in [0.717, 1.165) is 6.42 Å². The predicted octanol–water partition coefficient (Wildman–Crippen LogP) is 1.11. The molecule has 17 heavy (non-hydrogen) atoms. The zero-order valence-electron chi connectivity index (χ0n) is 9.82. The zero-order valence-corrected chi connectivity index (χ0v) is 9.82. The smallest absolute Gasteiger partial charge is 0.328 e. The van der Waals surface area contributed by atoms with Crippen LogP contribution >= 0.6 is 0 Å². The highest BCUT2D eigenvalue weighted by molar-refractivity contribution is 5.78. The summed E-state index contributed by atoms with van der Waals surface area (Å²) in [6.45, 7) is 2.35. The van der Waals surface area contributed by atoms with Gasteiger partial charge < -0.3 is 9.72 Å². The molecule has 0 aliphatic carbocycles. The van der Waals surface area contributed by atoms with Crippen LogP contribution in [-0.2, 0) is 6.54 Å². The normalized spacial score (nSPS) is 10.7. The Morgan fingerprint density at radius 2 is 2.12 bits per heavy atom. The van der Waals surface area contributed by atoms with Crippen LogP contribution in [-0.4, -0.2) is 16.7 Å². The number of fused-ring (bicyclic) bond motifs is 1. The van der Waals surface area contributed by atoms with Gasteiger partial charge in [0.05, 0.1) is 18.0 Å². The second kappa shape index (κ2) is 4.45. The summed E-state index contributed by atoms with van der Waals surface area (Å²) in [6.07, 6.45) is 0.741. The summed E-state index contributed by atoms with van der Waals surface area (Å²) in [6, 6.07) is 5.02. The number of H-pyrrole nitrogens is 1. The molecule has 0 aliphatic rings. The summed E-state index contributed by atoms with van der Waals surface area (Å²) < 4.78 is 6.27. The van der Waals surface area contributed by atoms with Crippen LogP contribution in [0.4, 0.5) is 0 Å². The molecule has 0 bridgehead atoms. The monoisotopic (exact) mass is 234 g/mol. The zero-order chi connectivity index (χ0) is 12.4. The van der Waals surface area contributed by atoms with Crippen LogP contribution < -0.4 is 16.0 Å². The van der Waals surface area contributed by atoms with E-state index in [1.165, 1.54) is 11.7 Å². The van der Waals surface area contributed by atoms with Crippen LogP contribution in [0, 0.1) is 0 Å². The van der Waals surface area contributed by atoms with Gasteiger partial charge in [-0.2, -0.15) is 0 Å². The lowest BCUT2D eigenvalue weighted by Gasteiger charge is -2.06. The van der Waals surface area contributed by atoms with Gasteiger partial charge in [-0.25, -0.2) is 4.79 Å². The number of aromatic amines is 1. The van der Waals surface area contributed by atoms with E-state index in [0.29, 0.717) is 23.2 Å². The quantitative estimate of drug-likeness (QED) is 0.865. The van der Waals surface area contributed by atoms with E-state index in [4.69, 9.17) is 4.74 Å². The molecule has 0 aliphatic heterocycles. The number of ether oxygens (including phenoxy) is 1. The highest BCUT2D eigenvalue weighted by Gasteiger charge is 2.07. The maximum Gasteiger partial charge on any atom is 0.328 e. The molecule has 1 aromatic heterocycles. The van der Waals surface area contributed by atoms with Gasteiger partial charge in [0, 0.05) is 12.6 Å². The molecule has 5 heteroatoms. The van der Waals surface area contributed by atoms with Crippen molar-refractivity contribution in [3.8, 4) is 5.75 Å². The van der Waals surface area contributed by atoms with Crippen molar-refractivity contribution in [3.63, 3.8) is 0 Å². The van der Waals surface area contributed by atoms with Crippen LogP contribution in [0.15, 0.2) is 27.8 Å². The SMILES string of the molecule is CCCn1c(=O)[nH]c2cc(OC)ccc2c1=O. The Bertz CT molecular complexity index is 655. The van der Waals surface area contributed by atoms with Crippen molar-refractivity contribution in [1.82, 2.24) is 9.55 Å². The van der Waals surface area contributed by atoms with E-state index < -0.39 is 0 Å². The molecule has 0 atom stereocenters. The van der Waals surface area contributed by atoms with E-state index >= 15 is 0 Å². The summed E-state index contributed by atoms with van der Waals surface area (Å²) in [5, 5.41) is 0.499. The number of aromatic nitrogens is 2. The fourth-order valence-corrected chi connectivity index (χ4v) is 1.79. The van der Waals surface area contributed by atoms with Crippen molar-refractivity contribution in [2.75, 3.05) is 7.11 Å². The number of rotatable bonds is 3. The number of nitrogens with one attached hydrogen (secondary N) is 1. The van der Waals surface area contributed by atoms with Crippen molar-refractivity contribution in [2.24, 2.45) is 0 Å². The number of benzene rings is 1. The van der Waals surface area contributed by atoms with Crippen LogP contribution in [0.1, 0.15) is 13.3 Å². The number of nitrogens with zero attached hydrogens (tertiary/aromatic N) is 1. The molecule has 2 aromatic rings. The maximum atomic E-state index is 12.0. The minimum atomic E-state index is -0.377. The molecular weight excluding hydrogens is 220 g/mol. The van der Waals surface area contributed by atoms with Crippen LogP contribution in [0.5, 0.6) is 5.75 Å². The molecule has 0 fully saturated rings. The first-order valence-electron chi connectivity index (χ1n) is 5.48. The van der Waals surface area contributed by atoms with Crippen molar-refractivity contribution in [1.29, 1.82) is 0 Å². The first-order chi connectivity index (χ1) is 8.17. The van der Waals surface area contributed by atoms with Gasteiger partial charge in [-0.05, 0) is 18.6 Å². The van der Waals surface area contributed by atoms with E-state index in [2.05, 4.69) is 4.98 Å². The summed E-state index contributed by atoms with van der Waals surface area (Å²) in [4.78, 5) is 26.4. The number of hydrogen-bond acceptors (Lipinski definition) is 3. The highest BCUT2D eigenvalue weighted by atomic mass is 16.5. The molecule has 0 unspecified atom stereocenters. The van der Waals surface area contributed by atoms with Crippen LogP contribution in [0.2, 0.25) is 0 Å². The first-order valence-corrected chi connectivity index (χ1v) is 5.48. The molecule has 0 saturated carbocycles. The number of methoxy groups -OCH3 is 1. The lowest BCUT2D eigenvalue weighted by Crippen LogP contribution is -2.34. The fourth-order valence-electron chi connectivity index (χ4n) is 1.79. The third-order valence-corrected chi connectivity index (χ3v) is 2.64. The molecule has 1 N–H and O–H groups in total. The Labute approximate surface area is 97.7 Å². The van der Waals surface area contributed by atoms with Gasteiger partial charge in [-0.15, -0.1) is 0 Å². The van der Waals surface area contributed by atoms with Crippen LogP contribution in [0.25, 0.3) is 10.9 Å². The second-order valence-electron chi connectivity index (χ2n) is 3.80. The molecule has 5 nitrogen and oxygen atoms in total. The minimum absolute atomic E-state index is 0.256. The van der Waals surface area contributed by atoms with E-state index in [1.54, 1.807) is 18.2 Å². The van der Waals surface area contributed by atoms with Crippen molar-refractivity contribution in [3.05, 3.63) is 39.0 Å². The molecular formula is C12H14N2O3. The first kappa shape index (κ1) is 11.4. The summed E-state index contributed by atoms with van der Waals surface area (Å²) in [5.41, 5.74) is -0.127. The predicted molar refractivity (Wildman–Crippen MR) is 65.7 cm³/mol. The van der Waals surface area contributed by atoms with Crippen LogP contribution in [0.3, 0.4) is 0 Å². The van der Waals surface area contributed by atoms with E-state index in [-0.39, 0.29) is 11.2 Å². The molecule has 0 radical (unpaired) electrons. The van der Waals surface area contributed by atoms with Crippen molar-refractivity contribution < 1.29 is 4.74 Å². The molecule has 2 rings (SSSR count). The van der Waals surface area contributed by atoms with Gasteiger partial charge in [-0.1, -0.05) is 6.92 Å². The molecule has 0 spiro atoms. The van der Waals surface area contributed by atoms with E-state index in [9.17, 15) is 9.59 Å². The Kier molecular flexibility index (Phi) is 2.99. The van der Waals surface area contributed by atoms with Gasteiger partial charge in [0.2, 0.25) is 0 Å². The average Bonchev–Trinajstić information content (AvgIpc) is 2.33. The third kappa shape index (κ3) is 1.95. The Morgan fingerprint density at radius 1 is 1.35 bits per heavy atom. The van der Waals surface area contributed by atoms with Gasteiger partial charge >= 0.3 is 5.69 Å². The van der Waals surface area contributed by atoms with E-state index in [1.807, 2.05) is 6.92 Å². The van der Waals surface area contributed by atoms with Gasteiger partial charge in [0.15, 0.2) is 0 Å². The lowest BCUT2D eigenvalue weighted by atomic mass is 10.2. The largest absolute Gasteiger partial charge is 0.497 e. The summed E-state index contributed by atoms with van der Waals surface area (Å²) in [7, 11) is 1.54. The Morgan fingerprint density at radius 3 is 2.76 bits per heavy atom. The van der Waals surface area contributed by atoms with Gasteiger partial charge in [0.1, 0.15) is 5.75 Å². The molecule has 1 heterocycles. The Hall–Kier alpha value is -2.04. The molecule has 1 aromatic carbocycles. The fraction of sp³-hybridized carbons (Fsp3) is 0.333. The maximum absolute atomic E-state index is 12.0. The minimum Gasteiger partial charge on any atom is -0.497 e. The second-order valence-corrected chi connectivity index (χ2v) is 3.80. The van der Waals surface area contributed by atoms with Gasteiger partial charge in [0.25, 0.3) is 5.56 Å². The lowest BCUT2D eigenvalue weighted by molar-refractivity contribution is 0.415. The average molecular weight is 234 g/mol.